The molecule has 0 aliphatic carbocycles. The van der Waals surface area contributed by atoms with Crippen LogP contribution in [0.2, 0.25) is 0 Å². The Morgan fingerprint density at radius 2 is 1.95 bits per heavy atom. The Bertz CT molecular complexity index is 593. The van der Waals surface area contributed by atoms with E-state index in [1.807, 2.05) is 64.2 Å². The highest BCUT2D eigenvalue weighted by Gasteiger charge is 2.07. The van der Waals surface area contributed by atoms with Crippen molar-refractivity contribution in [3.63, 3.8) is 0 Å². The molecule has 3 N–H and O–H groups in total. The minimum Gasteiger partial charge on any atom is -0.462 e. The van der Waals surface area contributed by atoms with E-state index in [0.717, 1.165) is 22.6 Å². The van der Waals surface area contributed by atoms with Crippen LogP contribution in [0.25, 0.3) is 11.3 Å². The summed E-state index contributed by atoms with van der Waals surface area (Å²) in [5.41, 5.74) is 9.21. The Morgan fingerprint density at radius 1 is 1.23 bits per heavy atom. The van der Waals surface area contributed by atoms with Crippen LogP contribution in [0.15, 0.2) is 42.6 Å². The number of benzene rings is 1. The summed E-state index contributed by atoms with van der Waals surface area (Å²) in [5.74, 6) is 0. The summed E-state index contributed by atoms with van der Waals surface area (Å²) in [6, 6.07) is 11.7. The first-order chi connectivity index (χ1) is 10.4. The van der Waals surface area contributed by atoms with Gasteiger partial charge in [-0.25, -0.2) is 0 Å². The van der Waals surface area contributed by atoms with Crippen molar-refractivity contribution >= 4 is 17.8 Å². The van der Waals surface area contributed by atoms with Gasteiger partial charge in [-0.1, -0.05) is 12.1 Å². The van der Waals surface area contributed by atoms with E-state index in [9.17, 15) is 4.79 Å². The first kappa shape index (κ1) is 17.5. The topological polar surface area (TPSA) is 77.2 Å². The first-order valence-corrected chi connectivity index (χ1v) is 6.97. The number of ether oxygens (including phenoxy) is 1. The maximum absolute atomic E-state index is 9.60. The van der Waals surface area contributed by atoms with Gasteiger partial charge in [0.25, 0.3) is 6.47 Å². The molecule has 0 aliphatic heterocycles. The van der Waals surface area contributed by atoms with E-state index in [1.165, 1.54) is 0 Å². The molecule has 1 aromatic heterocycles. The minimum absolute atomic E-state index is 0.318. The summed E-state index contributed by atoms with van der Waals surface area (Å²) in [6.07, 6.45) is 1.78. The maximum atomic E-state index is 9.60. The number of rotatable bonds is 3. The fraction of sp³-hybridized carbons (Fsp3) is 0.294. The lowest BCUT2D eigenvalue weighted by Crippen LogP contribution is -2.17. The molecule has 1 heterocycles. The molecule has 0 fully saturated rings. The van der Waals surface area contributed by atoms with Crippen LogP contribution < -0.4 is 11.1 Å². The van der Waals surface area contributed by atoms with Gasteiger partial charge >= 0.3 is 0 Å². The van der Waals surface area contributed by atoms with E-state index >= 15 is 0 Å². The molecule has 0 amide bonds. The van der Waals surface area contributed by atoms with Crippen molar-refractivity contribution in [3.05, 3.63) is 42.6 Å². The first-order valence-electron chi connectivity index (χ1n) is 6.97. The largest absolute Gasteiger partial charge is 0.462 e. The van der Waals surface area contributed by atoms with Crippen molar-refractivity contribution in [2.24, 2.45) is 0 Å². The van der Waals surface area contributed by atoms with E-state index < -0.39 is 0 Å². The predicted octanol–water partition coefficient (Wildman–Crippen LogP) is 3.33. The smallest absolute Gasteiger partial charge is 0.293 e. The number of hydrogen-bond donors (Lipinski definition) is 2. The highest BCUT2D eigenvalue weighted by molar-refractivity contribution is 5.74. The Labute approximate surface area is 131 Å². The van der Waals surface area contributed by atoms with E-state index in [4.69, 9.17) is 5.73 Å². The molecular weight excluding hydrogens is 278 g/mol. The molecule has 0 aliphatic rings. The van der Waals surface area contributed by atoms with E-state index in [2.05, 4.69) is 15.0 Å². The number of carbonyl (C=O) groups is 1. The molecular formula is C17H23N3O2. The number of nitrogens with one attached hydrogen (secondary N) is 1. The zero-order valence-corrected chi connectivity index (χ0v) is 13.5. The van der Waals surface area contributed by atoms with Crippen molar-refractivity contribution in [3.8, 4) is 11.3 Å². The second-order valence-electron chi connectivity index (χ2n) is 5.59. The number of nitrogens with zero attached hydrogens (tertiary/aromatic N) is 1. The van der Waals surface area contributed by atoms with Crippen LogP contribution in [0.1, 0.15) is 20.8 Å². The average molecular weight is 301 g/mol. The SMILES string of the molecule is CC(C)(C)OC=O.CNc1ccc(-c2ccccn2)cc1N. The summed E-state index contributed by atoms with van der Waals surface area (Å²) in [6.45, 7) is 5.92. The molecule has 0 saturated carbocycles. The molecule has 5 heteroatoms. The van der Waals surface area contributed by atoms with Crippen molar-refractivity contribution in [1.29, 1.82) is 0 Å². The second-order valence-corrected chi connectivity index (χ2v) is 5.59. The van der Waals surface area contributed by atoms with Gasteiger partial charge in [-0.2, -0.15) is 0 Å². The van der Waals surface area contributed by atoms with Gasteiger partial charge in [0.1, 0.15) is 5.60 Å². The van der Waals surface area contributed by atoms with Gasteiger partial charge in [-0.15, -0.1) is 0 Å². The quantitative estimate of drug-likeness (QED) is 0.671. The molecule has 5 nitrogen and oxygen atoms in total. The number of hydrogen-bond acceptors (Lipinski definition) is 5. The number of anilines is 2. The Balaban J connectivity index is 0.000000295. The van der Waals surface area contributed by atoms with Crippen LogP contribution in [0.5, 0.6) is 0 Å². The molecule has 0 atom stereocenters. The third-order valence-electron chi connectivity index (χ3n) is 2.68. The summed E-state index contributed by atoms with van der Waals surface area (Å²) in [7, 11) is 1.85. The molecule has 2 rings (SSSR count). The molecule has 2 aromatic rings. The van der Waals surface area contributed by atoms with E-state index in [1.54, 1.807) is 6.20 Å². The zero-order chi connectivity index (χ0) is 16.6. The summed E-state index contributed by atoms with van der Waals surface area (Å²) in [5, 5.41) is 3.03. The van der Waals surface area contributed by atoms with E-state index in [-0.39, 0.29) is 5.60 Å². The lowest BCUT2D eigenvalue weighted by atomic mass is 10.1. The van der Waals surface area contributed by atoms with Gasteiger partial charge in [-0.3, -0.25) is 9.78 Å². The molecule has 22 heavy (non-hydrogen) atoms. The number of carbonyl (C=O) groups excluding carboxylic acids is 1. The number of nitrogens with two attached hydrogens (primary N) is 1. The van der Waals surface area contributed by atoms with Gasteiger partial charge in [0.15, 0.2) is 0 Å². The van der Waals surface area contributed by atoms with Crippen LogP contribution in [-0.4, -0.2) is 24.1 Å². The standard InChI is InChI=1S/C12H13N3.C5H10O2/c1-14-12-6-5-9(8-10(12)13)11-4-2-3-7-15-11;1-5(2,3)7-4-6/h2-8,14H,13H2,1H3;4H,1-3H3. The Morgan fingerprint density at radius 3 is 2.36 bits per heavy atom. The van der Waals surface area contributed by atoms with Crippen LogP contribution >= 0.6 is 0 Å². The van der Waals surface area contributed by atoms with E-state index in [0.29, 0.717) is 6.47 Å². The van der Waals surface area contributed by atoms with Gasteiger partial charge < -0.3 is 15.8 Å². The zero-order valence-electron chi connectivity index (χ0n) is 13.5. The molecule has 0 radical (unpaired) electrons. The monoisotopic (exact) mass is 301 g/mol. The Hall–Kier alpha value is -2.56. The summed E-state index contributed by atoms with van der Waals surface area (Å²) in [4.78, 5) is 13.9. The maximum Gasteiger partial charge on any atom is 0.293 e. The van der Waals surface area contributed by atoms with Crippen molar-refractivity contribution in [2.75, 3.05) is 18.1 Å². The van der Waals surface area contributed by atoms with Gasteiger partial charge in [-0.05, 0) is 45.0 Å². The van der Waals surface area contributed by atoms with Gasteiger partial charge in [0.2, 0.25) is 0 Å². The average Bonchev–Trinajstić information content (AvgIpc) is 2.47. The fourth-order valence-corrected chi connectivity index (χ4v) is 1.63. The normalized spacial score (nSPS) is 10.2. The van der Waals surface area contributed by atoms with Crippen LogP contribution in [0.3, 0.4) is 0 Å². The predicted molar refractivity (Wildman–Crippen MR) is 90.5 cm³/mol. The highest BCUT2D eigenvalue weighted by atomic mass is 16.5. The molecule has 0 saturated heterocycles. The molecule has 0 spiro atoms. The van der Waals surface area contributed by atoms with Crippen molar-refractivity contribution in [2.45, 2.75) is 26.4 Å². The third kappa shape index (κ3) is 5.83. The lowest BCUT2D eigenvalue weighted by molar-refractivity contribution is -0.138. The number of nitrogen functional groups attached to an aromatic ring is 1. The molecule has 118 valence electrons. The highest BCUT2D eigenvalue weighted by Crippen LogP contribution is 2.25. The lowest BCUT2D eigenvalue weighted by Gasteiger charge is -2.14. The molecule has 1 aromatic carbocycles. The number of aromatic nitrogens is 1. The second kappa shape index (κ2) is 8.02. The molecule has 0 unspecified atom stereocenters. The van der Waals surface area contributed by atoms with Crippen LogP contribution in [0.4, 0.5) is 11.4 Å². The minimum atomic E-state index is -0.318. The fourth-order valence-electron chi connectivity index (χ4n) is 1.63. The van der Waals surface area contributed by atoms with Gasteiger partial charge in [0.05, 0.1) is 17.1 Å². The molecule has 0 bridgehead atoms. The summed E-state index contributed by atoms with van der Waals surface area (Å²) < 4.78 is 4.55. The van der Waals surface area contributed by atoms with Gasteiger partial charge in [0, 0.05) is 18.8 Å². The van der Waals surface area contributed by atoms with Crippen LogP contribution in [0, 0.1) is 0 Å². The van der Waals surface area contributed by atoms with Crippen molar-refractivity contribution in [1.82, 2.24) is 4.98 Å². The third-order valence-corrected chi connectivity index (χ3v) is 2.68. The van der Waals surface area contributed by atoms with Crippen molar-refractivity contribution < 1.29 is 9.53 Å². The number of pyridine rings is 1. The summed E-state index contributed by atoms with van der Waals surface area (Å²) >= 11 is 0. The van der Waals surface area contributed by atoms with Crippen LogP contribution in [-0.2, 0) is 9.53 Å². The Kier molecular flexibility index (Phi) is 6.38.